The molecule has 3 aromatic rings. The number of carbonyl (C=O) groups is 2. The molecule has 0 fully saturated rings. The van der Waals surface area contributed by atoms with E-state index >= 15 is 0 Å². The Morgan fingerprint density at radius 2 is 1.94 bits per heavy atom. The standard InChI is InChI=1S/C22H19BrN2O7S/c1-3-30-22(27)19-16(15-10-13(23)8-9-17(15)32-19)11-31-21(26)12(2)24-20-14-6-4-5-7-18(14)33(28,29)25-20/h4-10,12H,3,11H2,1-2H3,(H,24,25)/t12-/m0/s1. The topological polar surface area (TPSA) is 124 Å². The fourth-order valence-corrected chi connectivity index (χ4v) is 4.97. The molecule has 0 spiro atoms. The van der Waals surface area contributed by atoms with E-state index in [0.29, 0.717) is 22.1 Å². The Hall–Kier alpha value is -3.18. The summed E-state index contributed by atoms with van der Waals surface area (Å²) in [5, 5.41) is 0.594. The molecule has 1 N–H and O–H groups in total. The number of nitrogens with one attached hydrogen (secondary N) is 1. The highest BCUT2D eigenvalue weighted by molar-refractivity contribution is 9.10. The fourth-order valence-electron chi connectivity index (χ4n) is 3.37. The molecule has 0 unspecified atom stereocenters. The highest BCUT2D eigenvalue weighted by Crippen LogP contribution is 2.30. The van der Waals surface area contributed by atoms with Crippen molar-refractivity contribution < 1.29 is 31.9 Å². The lowest BCUT2D eigenvalue weighted by molar-refractivity contribution is -0.146. The monoisotopic (exact) mass is 534 g/mol. The Morgan fingerprint density at radius 1 is 1.18 bits per heavy atom. The van der Waals surface area contributed by atoms with Gasteiger partial charge in [0.2, 0.25) is 5.76 Å². The number of furan rings is 1. The number of carbonyl (C=O) groups excluding carboxylic acids is 2. The molecule has 0 saturated carbocycles. The molecule has 0 aliphatic carbocycles. The maximum absolute atomic E-state index is 12.6. The minimum absolute atomic E-state index is 0.0470. The van der Waals surface area contributed by atoms with Crippen molar-refractivity contribution in [1.82, 2.24) is 4.72 Å². The van der Waals surface area contributed by atoms with Crippen molar-refractivity contribution in [3.8, 4) is 0 Å². The molecular weight excluding hydrogens is 516 g/mol. The van der Waals surface area contributed by atoms with Gasteiger partial charge in [0.25, 0.3) is 10.0 Å². The van der Waals surface area contributed by atoms with Gasteiger partial charge < -0.3 is 13.9 Å². The van der Waals surface area contributed by atoms with Crippen LogP contribution in [0.3, 0.4) is 0 Å². The Bertz CT molecular complexity index is 1390. The lowest BCUT2D eigenvalue weighted by Crippen LogP contribution is -2.26. The van der Waals surface area contributed by atoms with Crippen molar-refractivity contribution in [2.24, 2.45) is 4.99 Å². The van der Waals surface area contributed by atoms with E-state index in [4.69, 9.17) is 13.9 Å². The van der Waals surface area contributed by atoms with Crippen LogP contribution in [0, 0.1) is 0 Å². The van der Waals surface area contributed by atoms with Crippen molar-refractivity contribution in [3.63, 3.8) is 0 Å². The molecule has 1 aliphatic heterocycles. The van der Waals surface area contributed by atoms with Crippen LogP contribution in [0.15, 0.2) is 61.2 Å². The lowest BCUT2D eigenvalue weighted by atomic mass is 10.1. The third-order valence-electron chi connectivity index (χ3n) is 4.90. The molecule has 0 radical (unpaired) electrons. The maximum Gasteiger partial charge on any atom is 0.374 e. The first kappa shape index (κ1) is 23.0. The molecule has 2 heterocycles. The van der Waals surface area contributed by atoms with E-state index in [1.165, 1.54) is 13.0 Å². The van der Waals surface area contributed by atoms with E-state index in [9.17, 15) is 18.0 Å². The van der Waals surface area contributed by atoms with Crippen LogP contribution in [-0.2, 0) is 30.9 Å². The minimum atomic E-state index is -3.72. The van der Waals surface area contributed by atoms with Crippen LogP contribution in [0.2, 0.25) is 0 Å². The van der Waals surface area contributed by atoms with Gasteiger partial charge in [-0.05, 0) is 44.2 Å². The number of fused-ring (bicyclic) bond motifs is 2. The van der Waals surface area contributed by atoms with Gasteiger partial charge in [0, 0.05) is 15.4 Å². The van der Waals surface area contributed by atoms with E-state index in [1.807, 2.05) is 0 Å². The van der Waals surface area contributed by atoms with E-state index in [1.54, 1.807) is 43.3 Å². The number of rotatable bonds is 6. The van der Waals surface area contributed by atoms with Gasteiger partial charge in [0.05, 0.1) is 17.1 Å². The summed E-state index contributed by atoms with van der Waals surface area (Å²) in [7, 11) is -3.72. The third kappa shape index (κ3) is 4.51. The number of sulfonamides is 1. The highest BCUT2D eigenvalue weighted by atomic mass is 79.9. The van der Waals surface area contributed by atoms with Gasteiger partial charge >= 0.3 is 11.9 Å². The molecule has 1 atom stereocenters. The first-order valence-electron chi connectivity index (χ1n) is 9.96. The summed E-state index contributed by atoms with van der Waals surface area (Å²) >= 11 is 3.38. The van der Waals surface area contributed by atoms with Gasteiger partial charge in [-0.15, -0.1) is 0 Å². The molecule has 0 amide bonds. The van der Waals surface area contributed by atoms with Gasteiger partial charge in [-0.3, -0.25) is 9.71 Å². The van der Waals surface area contributed by atoms with Gasteiger partial charge in [0.1, 0.15) is 24.1 Å². The van der Waals surface area contributed by atoms with E-state index in [2.05, 4.69) is 25.6 Å². The Morgan fingerprint density at radius 3 is 2.70 bits per heavy atom. The average Bonchev–Trinajstić information content (AvgIpc) is 3.26. The molecule has 1 aliphatic rings. The zero-order valence-corrected chi connectivity index (χ0v) is 20.0. The zero-order valence-electron chi connectivity index (χ0n) is 17.6. The molecule has 9 nitrogen and oxygen atoms in total. The summed E-state index contributed by atoms with van der Waals surface area (Å²) in [6, 6.07) is 10.5. The van der Waals surface area contributed by atoms with E-state index in [-0.39, 0.29) is 29.7 Å². The number of halogens is 1. The van der Waals surface area contributed by atoms with Gasteiger partial charge in [-0.1, -0.05) is 28.1 Å². The van der Waals surface area contributed by atoms with Crippen molar-refractivity contribution in [2.75, 3.05) is 6.61 Å². The van der Waals surface area contributed by atoms with Crippen LogP contribution in [0.1, 0.15) is 35.5 Å². The van der Waals surface area contributed by atoms with Crippen LogP contribution < -0.4 is 4.72 Å². The Labute approximate surface area is 198 Å². The number of hydrogen-bond donors (Lipinski definition) is 1. The Kier molecular flexibility index (Phi) is 6.26. The van der Waals surface area contributed by atoms with Crippen LogP contribution in [0.25, 0.3) is 11.0 Å². The molecule has 11 heteroatoms. The summed E-state index contributed by atoms with van der Waals surface area (Å²) in [6.07, 6.45) is 0. The largest absolute Gasteiger partial charge is 0.460 e. The van der Waals surface area contributed by atoms with Crippen molar-refractivity contribution in [2.45, 2.75) is 31.4 Å². The van der Waals surface area contributed by atoms with E-state index in [0.717, 1.165) is 4.47 Å². The van der Waals surface area contributed by atoms with Gasteiger partial charge in [-0.25, -0.2) is 18.0 Å². The van der Waals surface area contributed by atoms with Crippen LogP contribution in [-0.4, -0.2) is 38.8 Å². The smallest absolute Gasteiger partial charge is 0.374 e. The SMILES string of the molecule is CCOC(=O)c1oc2ccc(Br)cc2c1COC(=O)[C@H](C)N=C1NS(=O)(=O)c2ccccc21. The highest BCUT2D eigenvalue weighted by Gasteiger charge is 2.31. The summed E-state index contributed by atoms with van der Waals surface area (Å²) in [6.45, 7) is 3.06. The lowest BCUT2D eigenvalue weighted by Gasteiger charge is -2.09. The molecule has 1 aromatic heterocycles. The quantitative estimate of drug-likeness (QED) is 0.479. The second kappa shape index (κ2) is 8.99. The summed E-state index contributed by atoms with van der Waals surface area (Å²) < 4.78 is 43.7. The fraction of sp³-hybridized carbons (Fsp3) is 0.227. The summed E-state index contributed by atoms with van der Waals surface area (Å²) in [5.41, 5.74) is 1.19. The number of benzene rings is 2. The molecular formula is C22H19BrN2O7S. The predicted octanol–water partition coefficient (Wildman–Crippen LogP) is 3.54. The molecule has 0 saturated heterocycles. The second-order valence-electron chi connectivity index (χ2n) is 7.13. The van der Waals surface area contributed by atoms with Crippen molar-refractivity contribution in [1.29, 1.82) is 0 Å². The zero-order chi connectivity index (χ0) is 23.8. The molecule has 33 heavy (non-hydrogen) atoms. The van der Waals surface area contributed by atoms with Crippen LogP contribution >= 0.6 is 15.9 Å². The normalized spacial score (nSPS) is 16.3. The predicted molar refractivity (Wildman–Crippen MR) is 122 cm³/mol. The summed E-state index contributed by atoms with van der Waals surface area (Å²) in [4.78, 5) is 29.3. The van der Waals surface area contributed by atoms with Gasteiger partial charge in [0.15, 0.2) is 0 Å². The maximum atomic E-state index is 12.6. The second-order valence-corrected chi connectivity index (χ2v) is 9.70. The number of ether oxygens (including phenoxy) is 2. The van der Waals surface area contributed by atoms with E-state index < -0.39 is 28.0 Å². The van der Waals surface area contributed by atoms with Crippen LogP contribution in [0.5, 0.6) is 0 Å². The van der Waals surface area contributed by atoms with Crippen LogP contribution in [0.4, 0.5) is 0 Å². The molecule has 4 rings (SSSR count). The molecule has 0 bridgehead atoms. The Balaban J connectivity index is 1.57. The van der Waals surface area contributed by atoms with Crippen molar-refractivity contribution >= 4 is 54.7 Å². The minimum Gasteiger partial charge on any atom is -0.460 e. The first-order chi connectivity index (χ1) is 15.7. The third-order valence-corrected chi connectivity index (χ3v) is 6.79. The number of nitrogens with zero attached hydrogens (tertiary/aromatic N) is 1. The number of amidine groups is 1. The number of hydrogen-bond acceptors (Lipinski definition) is 8. The van der Waals surface area contributed by atoms with Crippen molar-refractivity contribution in [3.05, 3.63) is 63.8 Å². The average molecular weight is 535 g/mol. The molecule has 2 aromatic carbocycles. The first-order valence-corrected chi connectivity index (χ1v) is 12.2. The number of esters is 2. The molecule has 172 valence electrons. The van der Waals surface area contributed by atoms with Gasteiger partial charge in [-0.2, -0.15) is 0 Å². The number of aliphatic imine (C=N–C) groups is 1. The summed E-state index contributed by atoms with van der Waals surface area (Å²) in [5.74, 6) is -1.35.